The van der Waals surface area contributed by atoms with Gasteiger partial charge in [-0.2, -0.15) is 4.48 Å². The van der Waals surface area contributed by atoms with Gasteiger partial charge in [0, 0.05) is 0 Å². The number of rotatable bonds is 2. The highest BCUT2D eigenvalue weighted by Gasteiger charge is 2.55. The summed E-state index contributed by atoms with van der Waals surface area (Å²) in [5.41, 5.74) is 0. The largest absolute Gasteiger partial charge is 0.388 e. The van der Waals surface area contributed by atoms with E-state index in [-0.39, 0.29) is 0 Å². The van der Waals surface area contributed by atoms with Gasteiger partial charge >= 0.3 is 12.6 Å². The van der Waals surface area contributed by atoms with E-state index in [9.17, 15) is 5.11 Å². The van der Waals surface area contributed by atoms with Crippen molar-refractivity contribution in [1.29, 1.82) is 0 Å². The van der Waals surface area contributed by atoms with Gasteiger partial charge in [-0.3, -0.25) is 5.21 Å². The lowest BCUT2D eigenvalue weighted by Crippen LogP contribution is -2.55. The molecule has 7 heteroatoms. The molecule has 0 aromatic heterocycles. The van der Waals surface area contributed by atoms with Crippen LogP contribution in [0.5, 0.6) is 0 Å². The third kappa shape index (κ3) is 1.08. The van der Waals surface area contributed by atoms with Crippen LogP contribution in [0.25, 0.3) is 0 Å². The average molecular weight is 180 g/mol. The molecule has 0 radical (unpaired) electrons. The van der Waals surface area contributed by atoms with Crippen molar-refractivity contribution in [2.24, 2.45) is 0 Å². The normalized spacial score (nSPS) is 33.5. The maximum absolute atomic E-state index is 9.25. The minimum atomic E-state index is -1.52. The van der Waals surface area contributed by atoms with Crippen molar-refractivity contribution >= 4 is 6.34 Å². The van der Waals surface area contributed by atoms with Crippen LogP contribution >= 0.6 is 0 Å². The van der Waals surface area contributed by atoms with Gasteiger partial charge in [0.2, 0.25) is 0 Å². The van der Waals surface area contributed by atoms with Gasteiger partial charge in [-0.15, -0.1) is 0 Å². The summed E-state index contributed by atoms with van der Waals surface area (Å²) < 4.78 is -0.339. The predicted molar refractivity (Wildman–Crippen MR) is 34.6 cm³/mol. The van der Waals surface area contributed by atoms with Crippen molar-refractivity contribution in [3.8, 4) is 0 Å². The summed E-state index contributed by atoms with van der Waals surface area (Å²) in [6.45, 7) is -1.21. The number of aliphatic hydroxyl groups is 4. The van der Waals surface area contributed by atoms with Gasteiger partial charge in [0.05, 0.1) is 4.74 Å². The molecule has 0 aromatic carbocycles. The Hall–Kier alpha value is -0.730. The van der Waals surface area contributed by atoms with Crippen molar-refractivity contribution in [1.82, 2.24) is 0 Å². The maximum atomic E-state index is 9.25. The molecule has 0 aliphatic carbocycles. The summed E-state index contributed by atoms with van der Waals surface area (Å²) in [4.78, 5) is 0. The third-order valence-electron chi connectivity index (χ3n) is 1.94. The fourth-order valence-electron chi connectivity index (χ4n) is 1.06. The van der Waals surface area contributed by atoms with Crippen molar-refractivity contribution in [3.05, 3.63) is 0 Å². The second-order valence-electron chi connectivity index (χ2n) is 2.71. The summed E-state index contributed by atoms with van der Waals surface area (Å²) in [7, 11) is 0. The Morgan fingerprint density at radius 1 is 1.25 bits per heavy atom. The molecule has 0 saturated carbocycles. The molecule has 7 nitrogen and oxygen atoms in total. The third-order valence-corrected chi connectivity index (χ3v) is 1.94. The number of hydroxylamine groups is 1. The van der Waals surface area contributed by atoms with Crippen molar-refractivity contribution in [2.45, 2.75) is 12.5 Å². The van der Waals surface area contributed by atoms with E-state index in [1.54, 1.807) is 0 Å². The smallest absolute Gasteiger partial charge is 0.347 e. The van der Waals surface area contributed by atoms with E-state index < -0.39 is 30.4 Å². The Kier molecular flexibility index (Phi) is 2.31. The lowest BCUT2D eigenvalue weighted by Gasteiger charge is -2.24. The highest BCUT2D eigenvalue weighted by Crippen LogP contribution is 2.16. The molecule has 0 amide bonds. The molecule has 1 heterocycles. The number of hydrogen-bond acceptors (Lipinski definition) is 5. The van der Waals surface area contributed by atoms with E-state index in [1.165, 1.54) is 0 Å². The van der Waals surface area contributed by atoms with Gasteiger partial charge in [0.25, 0.3) is 6.23 Å². The van der Waals surface area contributed by atoms with Crippen molar-refractivity contribution in [2.75, 3.05) is 13.5 Å². The Morgan fingerprint density at radius 3 is 1.92 bits per heavy atom. The minimum Gasteiger partial charge on any atom is -0.347 e. The number of aliphatic hydroxyl groups excluding tert-OH is 4. The van der Waals surface area contributed by atoms with E-state index in [1.807, 2.05) is 0 Å². The molecular formula is C5H12N2O5+2. The van der Waals surface area contributed by atoms with Crippen LogP contribution in [0.4, 0.5) is 0 Å². The Bertz CT molecular complexity index is 202. The summed E-state index contributed by atoms with van der Waals surface area (Å²) >= 11 is 0. The van der Waals surface area contributed by atoms with Crippen LogP contribution in [0.2, 0.25) is 0 Å². The maximum Gasteiger partial charge on any atom is 0.388 e. The fraction of sp³-hybridized carbons (Fsp3) is 0.800. The summed E-state index contributed by atoms with van der Waals surface area (Å²) in [6.07, 6.45) is -2.04. The molecular weight excluding hydrogens is 168 g/mol. The average Bonchev–Trinajstić information content (AvgIpc) is 2.30. The molecule has 12 heavy (non-hydrogen) atoms. The molecule has 2 unspecified atom stereocenters. The molecule has 1 aliphatic rings. The highest BCUT2D eigenvalue weighted by atomic mass is 16.5. The molecule has 0 bridgehead atoms. The van der Waals surface area contributed by atoms with E-state index >= 15 is 0 Å². The number of hydrogen-bond donors (Lipinski definition) is 5. The van der Waals surface area contributed by atoms with E-state index in [0.717, 1.165) is 6.34 Å². The number of nitrogens with zero attached hydrogens (tertiary/aromatic N) is 2. The quantitative estimate of drug-likeness (QED) is 0.175. The van der Waals surface area contributed by atoms with Crippen LogP contribution < -0.4 is 0 Å². The molecule has 0 saturated heterocycles. The van der Waals surface area contributed by atoms with Crippen LogP contribution in [-0.4, -0.2) is 67.1 Å². The molecule has 2 atom stereocenters. The van der Waals surface area contributed by atoms with Gasteiger partial charge in [0.15, 0.2) is 13.5 Å². The van der Waals surface area contributed by atoms with Crippen LogP contribution in [0.3, 0.4) is 0 Å². The molecule has 70 valence electrons. The van der Waals surface area contributed by atoms with Crippen molar-refractivity contribution < 1.29 is 34.9 Å². The molecule has 0 fully saturated rings. The van der Waals surface area contributed by atoms with Crippen LogP contribution in [0.1, 0.15) is 0 Å². The molecule has 0 spiro atoms. The zero-order valence-corrected chi connectivity index (χ0v) is 6.28. The molecule has 1 rings (SSSR count). The first-order valence-corrected chi connectivity index (χ1v) is 3.35. The Balaban J connectivity index is 2.92. The van der Waals surface area contributed by atoms with Gasteiger partial charge in [-0.1, -0.05) is 0 Å². The van der Waals surface area contributed by atoms with Crippen LogP contribution in [0.15, 0.2) is 0 Å². The zero-order chi connectivity index (χ0) is 9.35. The van der Waals surface area contributed by atoms with Gasteiger partial charge in [-0.05, 0) is 0 Å². The lowest BCUT2D eigenvalue weighted by atomic mass is 10.4. The first kappa shape index (κ1) is 9.36. The molecule has 1 aliphatic heterocycles. The summed E-state index contributed by atoms with van der Waals surface area (Å²) in [6, 6.07) is 0. The fourth-order valence-corrected chi connectivity index (χ4v) is 1.06. The number of quaternary nitrogens is 1. The second-order valence-corrected chi connectivity index (χ2v) is 2.71. The summed E-state index contributed by atoms with van der Waals surface area (Å²) in [5.74, 6) is 0. The lowest BCUT2D eigenvalue weighted by molar-refractivity contribution is -0.917. The summed E-state index contributed by atoms with van der Waals surface area (Å²) in [5, 5.41) is 44.8. The Labute approximate surface area is 68.2 Å². The predicted octanol–water partition coefficient (Wildman–Crippen LogP) is -3.22. The standard InChI is InChI=1S/C5H12N2O5/c8-2-7(3-9)1-6(12)4(10)5(7)11/h1,4-5,8-12H,2-3H2/q+2. The molecule has 0 aromatic rings. The van der Waals surface area contributed by atoms with Gasteiger partial charge < -0.3 is 20.4 Å². The SMILES string of the molecule is OC[N+]1(CO)C=[N+](O)C(O)C1O. The topological polar surface area (TPSA) is 104 Å². The van der Waals surface area contributed by atoms with Crippen LogP contribution in [0, 0.1) is 0 Å². The van der Waals surface area contributed by atoms with E-state index in [0.29, 0.717) is 4.74 Å². The van der Waals surface area contributed by atoms with Crippen LogP contribution in [-0.2, 0) is 0 Å². The molecule has 5 N–H and O–H groups in total. The van der Waals surface area contributed by atoms with Crippen molar-refractivity contribution in [3.63, 3.8) is 0 Å². The van der Waals surface area contributed by atoms with E-state index in [2.05, 4.69) is 0 Å². The monoisotopic (exact) mass is 180 g/mol. The first-order chi connectivity index (χ1) is 5.57. The second kappa shape index (κ2) is 2.96. The van der Waals surface area contributed by atoms with Gasteiger partial charge in [0.1, 0.15) is 0 Å². The zero-order valence-electron chi connectivity index (χ0n) is 6.28. The van der Waals surface area contributed by atoms with E-state index in [4.69, 9.17) is 20.5 Å². The minimum absolute atomic E-state index is 0.344. The highest BCUT2D eigenvalue weighted by molar-refractivity contribution is 5.40. The van der Waals surface area contributed by atoms with Gasteiger partial charge in [-0.25, -0.2) is 0 Å². The first-order valence-electron chi connectivity index (χ1n) is 3.35. The Morgan fingerprint density at radius 2 is 1.75 bits per heavy atom.